The van der Waals surface area contributed by atoms with Gasteiger partial charge in [0, 0.05) is 31.0 Å². The van der Waals surface area contributed by atoms with Crippen molar-refractivity contribution in [2.24, 2.45) is 0 Å². The van der Waals surface area contributed by atoms with E-state index in [1.807, 2.05) is 12.1 Å². The number of aromatic nitrogens is 1. The predicted octanol–water partition coefficient (Wildman–Crippen LogP) is 2.11. The molecule has 1 aromatic heterocycles. The molecule has 1 fully saturated rings. The first kappa shape index (κ1) is 16.9. The molecule has 1 aliphatic rings. The average molecular weight is 343 g/mol. The van der Waals surface area contributed by atoms with Crippen molar-refractivity contribution in [3.63, 3.8) is 0 Å². The summed E-state index contributed by atoms with van der Waals surface area (Å²) in [5.74, 6) is -0.530. The van der Waals surface area contributed by atoms with Crippen LogP contribution in [-0.2, 0) is 4.79 Å². The zero-order chi connectivity index (χ0) is 18.0. The molecule has 25 heavy (non-hydrogen) atoms. The maximum absolute atomic E-state index is 13.3. The molecule has 0 aliphatic carbocycles. The molecule has 0 spiro atoms. The highest BCUT2D eigenvalue weighted by Gasteiger charge is 2.35. The second kappa shape index (κ2) is 6.88. The number of anilines is 1. The summed E-state index contributed by atoms with van der Waals surface area (Å²) in [6.07, 6.45) is 2.34. The molecular formula is C18H18FN3O3. The second-order valence-electron chi connectivity index (χ2n) is 5.76. The fourth-order valence-corrected chi connectivity index (χ4v) is 2.88. The van der Waals surface area contributed by atoms with Crippen molar-refractivity contribution in [3.8, 4) is 5.75 Å². The molecule has 3 rings (SSSR count). The van der Waals surface area contributed by atoms with Crippen LogP contribution >= 0.6 is 0 Å². The van der Waals surface area contributed by atoms with Crippen LogP contribution in [0.5, 0.6) is 5.75 Å². The van der Waals surface area contributed by atoms with Crippen LogP contribution in [0.2, 0.25) is 0 Å². The monoisotopic (exact) mass is 343 g/mol. The van der Waals surface area contributed by atoms with Gasteiger partial charge in [0.25, 0.3) is 5.91 Å². The number of nitrogens with zero attached hydrogens (tertiary/aromatic N) is 3. The molecule has 6 nitrogen and oxygen atoms in total. The molecule has 0 N–H and O–H groups in total. The topological polar surface area (TPSA) is 62.7 Å². The molecule has 2 heterocycles. The summed E-state index contributed by atoms with van der Waals surface area (Å²) in [5.41, 5.74) is 0.852. The van der Waals surface area contributed by atoms with Crippen LogP contribution in [0.1, 0.15) is 17.3 Å². The summed E-state index contributed by atoms with van der Waals surface area (Å²) in [5, 5.41) is 0. The largest absolute Gasteiger partial charge is 0.497 e. The van der Waals surface area contributed by atoms with Crippen LogP contribution in [0.15, 0.2) is 42.7 Å². The Labute approximate surface area is 144 Å². The third kappa shape index (κ3) is 3.31. The highest BCUT2D eigenvalue weighted by atomic mass is 19.1. The van der Waals surface area contributed by atoms with E-state index in [1.54, 1.807) is 31.1 Å². The van der Waals surface area contributed by atoms with E-state index in [0.29, 0.717) is 18.8 Å². The van der Waals surface area contributed by atoms with Gasteiger partial charge in [-0.3, -0.25) is 14.6 Å². The maximum atomic E-state index is 13.3. The molecule has 1 aromatic carbocycles. The minimum atomic E-state index is -0.657. The van der Waals surface area contributed by atoms with Crippen LogP contribution in [0, 0.1) is 5.82 Å². The number of methoxy groups -OCH3 is 1. The Hall–Kier alpha value is -2.96. The molecule has 1 aliphatic heterocycles. The van der Waals surface area contributed by atoms with E-state index in [0.717, 1.165) is 18.0 Å². The molecule has 0 saturated carbocycles. The van der Waals surface area contributed by atoms with Crippen molar-refractivity contribution in [2.75, 3.05) is 25.1 Å². The van der Waals surface area contributed by atoms with Crippen LogP contribution in [0.3, 0.4) is 0 Å². The summed E-state index contributed by atoms with van der Waals surface area (Å²) in [6.45, 7) is 2.36. The lowest BCUT2D eigenvalue weighted by Crippen LogP contribution is -2.57. The van der Waals surface area contributed by atoms with Gasteiger partial charge < -0.3 is 14.5 Å². The number of hydrogen-bond acceptors (Lipinski definition) is 4. The Morgan fingerprint density at radius 1 is 1.28 bits per heavy atom. The van der Waals surface area contributed by atoms with Crippen molar-refractivity contribution in [3.05, 3.63) is 54.1 Å². The van der Waals surface area contributed by atoms with Gasteiger partial charge in [0.05, 0.1) is 18.9 Å². The molecule has 130 valence electrons. The number of ether oxygens (including phenoxy) is 1. The average Bonchev–Trinajstić information content (AvgIpc) is 2.63. The van der Waals surface area contributed by atoms with Gasteiger partial charge in [-0.05, 0) is 25.1 Å². The molecular weight excluding hydrogens is 325 g/mol. The predicted molar refractivity (Wildman–Crippen MR) is 90.0 cm³/mol. The van der Waals surface area contributed by atoms with E-state index in [1.165, 1.54) is 11.1 Å². The standard InChI is InChI=1S/C18H18FN3O3/c1-12-17(23)22(15-4-3-5-16(9-15)25-2)7-6-21(12)18(24)13-8-14(19)11-20-10-13/h3-5,8-12H,6-7H2,1-2H3/t12-/m0/s1. The van der Waals surface area contributed by atoms with E-state index in [9.17, 15) is 14.0 Å². The third-order valence-corrected chi connectivity index (χ3v) is 4.23. The highest BCUT2D eigenvalue weighted by molar-refractivity contribution is 6.03. The summed E-state index contributed by atoms with van der Waals surface area (Å²) < 4.78 is 18.5. The van der Waals surface area contributed by atoms with E-state index < -0.39 is 17.8 Å². The SMILES string of the molecule is COc1cccc(N2CCN(C(=O)c3cncc(F)c3)[C@@H](C)C2=O)c1. The lowest BCUT2D eigenvalue weighted by molar-refractivity contribution is -0.124. The van der Waals surface area contributed by atoms with Gasteiger partial charge in [-0.2, -0.15) is 0 Å². The summed E-state index contributed by atoms with van der Waals surface area (Å²) in [4.78, 5) is 32.1. The minimum absolute atomic E-state index is 0.134. The first-order valence-electron chi connectivity index (χ1n) is 7.88. The van der Waals surface area contributed by atoms with Gasteiger partial charge >= 0.3 is 0 Å². The first-order valence-corrected chi connectivity index (χ1v) is 7.88. The number of rotatable bonds is 3. The van der Waals surface area contributed by atoms with E-state index in [-0.39, 0.29) is 11.5 Å². The van der Waals surface area contributed by atoms with Crippen LogP contribution in [0.25, 0.3) is 0 Å². The Morgan fingerprint density at radius 3 is 2.80 bits per heavy atom. The highest BCUT2D eigenvalue weighted by Crippen LogP contribution is 2.25. The van der Waals surface area contributed by atoms with Crippen LogP contribution in [0.4, 0.5) is 10.1 Å². The summed E-state index contributed by atoms with van der Waals surface area (Å²) >= 11 is 0. The summed E-state index contributed by atoms with van der Waals surface area (Å²) in [7, 11) is 1.56. The number of amides is 2. The molecule has 0 bridgehead atoms. The molecule has 2 aromatic rings. The van der Waals surface area contributed by atoms with Gasteiger partial charge in [-0.25, -0.2) is 4.39 Å². The fraction of sp³-hybridized carbons (Fsp3) is 0.278. The number of hydrogen-bond donors (Lipinski definition) is 0. The molecule has 0 unspecified atom stereocenters. The molecule has 0 radical (unpaired) electrons. The van der Waals surface area contributed by atoms with Crippen LogP contribution < -0.4 is 9.64 Å². The Morgan fingerprint density at radius 2 is 2.08 bits per heavy atom. The zero-order valence-corrected chi connectivity index (χ0v) is 14.0. The number of carbonyl (C=O) groups excluding carboxylic acids is 2. The quantitative estimate of drug-likeness (QED) is 0.856. The van der Waals surface area contributed by atoms with Gasteiger partial charge in [0.15, 0.2) is 0 Å². The maximum Gasteiger partial charge on any atom is 0.256 e. The molecule has 7 heteroatoms. The lowest BCUT2D eigenvalue weighted by atomic mass is 10.1. The van der Waals surface area contributed by atoms with Gasteiger partial charge in [0.2, 0.25) is 5.91 Å². The Bertz CT molecular complexity index is 812. The second-order valence-corrected chi connectivity index (χ2v) is 5.76. The Balaban J connectivity index is 1.80. The van der Waals surface area contributed by atoms with Crippen molar-refractivity contribution in [1.82, 2.24) is 9.88 Å². The number of piperazine rings is 1. The number of pyridine rings is 1. The summed E-state index contributed by atoms with van der Waals surface area (Å²) in [6, 6.07) is 7.67. The van der Waals surface area contributed by atoms with Gasteiger partial charge in [0.1, 0.15) is 17.6 Å². The van der Waals surface area contributed by atoms with E-state index in [2.05, 4.69) is 4.98 Å². The van der Waals surface area contributed by atoms with Crippen molar-refractivity contribution < 1.29 is 18.7 Å². The zero-order valence-electron chi connectivity index (χ0n) is 14.0. The van der Waals surface area contributed by atoms with E-state index in [4.69, 9.17) is 4.74 Å². The molecule has 1 atom stereocenters. The van der Waals surface area contributed by atoms with Gasteiger partial charge in [-0.1, -0.05) is 6.07 Å². The van der Waals surface area contributed by atoms with E-state index >= 15 is 0 Å². The fourth-order valence-electron chi connectivity index (χ4n) is 2.88. The van der Waals surface area contributed by atoms with Gasteiger partial charge in [-0.15, -0.1) is 0 Å². The minimum Gasteiger partial charge on any atom is -0.497 e. The van der Waals surface area contributed by atoms with Crippen molar-refractivity contribution in [1.29, 1.82) is 0 Å². The number of benzene rings is 1. The smallest absolute Gasteiger partial charge is 0.256 e. The van der Waals surface area contributed by atoms with Crippen molar-refractivity contribution >= 4 is 17.5 Å². The van der Waals surface area contributed by atoms with Crippen LogP contribution in [-0.4, -0.2) is 47.9 Å². The first-order chi connectivity index (χ1) is 12.0. The molecule has 1 saturated heterocycles. The normalized spacial score (nSPS) is 17.6. The third-order valence-electron chi connectivity index (χ3n) is 4.23. The van der Waals surface area contributed by atoms with Crippen molar-refractivity contribution in [2.45, 2.75) is 13.0 Å². The number of carbonyl (C=O) groups is 2. The Kier molecular flexibility index (Phi) is 4.65. The molecule has 2 amide bonds. The lowest BCUT2D eigenvalue weighted by Gasteiger charge is -2.39. The number of halogens is 1.